The summed E-state index contributed by atoms with van der Waals surface area (Å²) >= 11 is 0. The molecule has 0 amide bonds. The second-order valence-corrected chi connectivity index (χ2v) is 4.01. The van der Waals surface area contributed by atoms with Crippen LogP contribution in [0.4, 0.5) is 4.39 Å². The quantitative estimate of drug-likeness (QED) is 0.437. The molecule has 20 heavy (non-hydrogen) atoms. The summed E-state index contributed by atoms with van der Waals surface area (Å²) in [5.74, 6) is 10.4. The van der Waals surface area contributed by atoms with Crippen molar-refractivity contribution in [3.63, 3.8) is 0 Å². The Morgan fingerprint density at radius 2 is 1.70 bits per heavy atom. The highest BCUT2D eigenvalue weighted by molar-refractivity contribution is 6.10. The molecule has 0 fully saturated rings. The highest BCUT2D eigenvalue weighted by Gasteiger charge is 2.06. The van der Waals surface area contributed by atoms with E-state index < -0.39 is 0 Å². The maximum Gasteiger partial charge on any atom is 0.237 e. The normalized spacial score (nSPS) is 8.90. The first-order chi connectivity index (χ1) is 9.70. The minimum Gasteiger partial charge on any atom is -0.279 e. The predicted molar refractivity (Wildman–Crippen MR) is 76.6 cm³/mol. The van der Waals surface area contributed by atoms with E-state index in [1.165, 1.54) is 12.1 Å². The van der Waals surface area contributed by atoms with E-state index in [2.05, 4.69) is 23.7 Å². The molecule has 2 aromatic rings. The van der Waals surface area contributed by atoms with Gasteiger partial charge in [-0.05, 0) is 49.2 Å². The molecule has 1 nitrogen and oxygen atoms in total. The number of Topliss-reactive ketones (excluding diaryl/α,β-unsaturated/α-hetero) is 1. The summed E-state index contributed by atoms with van der Waals surface area (Å²) < 4.78 is 12.8. The molecule has 0 unspecified atom stereocenters. The summed E-state index contributed by atoms with van der Waals surface area (Å²) in [5.41, 5.74) is 1.79. The number of carbonyl (C=O) groups excluding carboxylic acids is 1. The molecule has 2 heteroatoms. The molecule has 0 aliphatic rings. The average Bonchev–Trinajstić information content (AvgIpc) is 2.47. The van der Waals surface area contributed by atoms with Crippen molar-refractivity contribution < 1.29 is 9.18 Å². The molecule has 0 bridgehead atoms. The van der Waals surface area contributed by atoms with E-state index in [0.717, 1.165) is 0 Å². The van der Waals surface area contributed by atoms with Crippen molar-refractivity contribution >= 4 is 5.78 Å². The number of benzene rings is 2. The van der Waals surface area contributed by atoms with Gasteiger partial charge in [0.15, 0.2) is 0 Å². The molecule has 96 valence electrons. The molecule has 0 N–H and O–H groups in total. The van der Waals surface area contributed by atoms with E-state index in [-0.39, 0.29) is 11.6 Å². The van der Waals surface area contributed by atoms with Crippen molar-refractivity contribution in [2.75, 3.05) is 0 Å². The predicted octanol–water partition coefficient (Wildman–Crippen LogP) is 3.43. The molecule has 0 aromatic heterocycles. The van der Waals surface area contributed by atoms with Gasteiger partial charge in [0.25, 0.3) is 0 Å². The molecule has 2 aromatic carbocycles. The topological polar surface area (TPSA) is 17.1 Å². The van der Waals surface area contributed by atoms with Crippen LogP contribution < -0.4 is 0 Å². The summed E-state index contributed by atoms with van der Waals surface area (Å²) in [6, 6.07) is 12.9. The van der Waals surface area contributed by atoms with Crippen LogP contribution in [0.1, 0.15) is 28.4 Å². The molecule has 0 atom stereocenters. The largest absolute Gasteiger partial charge is 0.279 e. The third-order valence-corrected chi connectivity index (χ3v) is 2.60. The monoisotopic (exact) mass is 262 g/mol. The molecule has 0 aliphatic carbocycles. The van der Waals surface area contributed by atoms with Crippen LogP contribution in [0, 0.1) is 29.5 Å². The molecule has 0 radical (unpaired) electrons. The molecule has 0 saturated heterocycles. The molecule has 0 saturated carbocycles. The number of halogens is 1. The molecule has 0 aliphatic heterocycles. The van der Waals surface area contributed by atoms with E-state index in [0.29, 0.717) is 16.7 Å². The Hall–Kier alpha value is -2.84. The summed E-state index contributed by atoms with van der Waals surface area (Å²) in [6.45, 7) is 1.62. The fourth-order valence-corrected chi connectivity index (χ4v) is 1.64. The van der Waals surface area contributed by atoms with Gasteiger partial charge in [-0.1, -0.05) is 29.9 Å². The van der Waals surface area contributed by atoms with Crippen LogP contribution in [0.2, 0.25) is 0 Å². The lowest BCUT2D eigenvalue weighted by atomic mass is 10.0. The molecule has 0 heterocycles. The Kier molecular flexibility index (Phi) is 4.32. The summed E-state index contributed by atoms with van der Waals surface area (Å²) in [7, 11) is 0. The minimum atomic E-state index is -0.302. The van der Waals surface area contributed by atoms with Crippen LogP contribution in [0.5, 0.6) is 0 Å². The number of carbonyl (C=O) groups is 1. The zero-order valence-electron chi connectivity index (χ0n) is 10.9. The van der Waals surface area contributed by atoms with Crippen LogP contribution in [0.25, 0.3) is 0 Å². The van der Waals surface area contributed by atoms with Crippen LogP contribution in [-0.4, -0.2) is 5.78 Å². The Morgan fingerprint density at radius 3 is 2.40 bits per heavy atom. The van der Waals surface area contributed by atoms with Crippen LogP contribution in [-0.2, 0) is 0 Å². The first-order valence-electron chi connectivity index (χ1n) is 6.04. The Morgan fingerprint density at radius 1 is 1.00 bits per heavy atom. The second-order valence-electron chi connectivity index (χ2n) is 4.01. The van der Waals surface area contributed by atoms with Gasteiger partial charge in [0, 0.05) is 16.7 Å². The van der Waals surface area contributed by atoms with Crippen LogP contribution in [0.15, 0.2) is 48.5 Å². The number of hydrogen-bond acceptors (Lipinski definition) is 1. The zero-order valence-corrected chi connectivity index (χ0v) is 10.9. The maximum absolute atomic E-state index is 12.8. The molecule has 2 rings (SSSR count). The van der Waals surface area contributed by atoms with E-state index in [1.54, 1.807) is 37.3 Å². The van der Waals surface area contributed by atoms with E-state index in [9.17, 15) is 9.18 Å². The lowest BCUT2D eigenvalue weighted by Gasteiger charge is -1.98. The van der Waals surface area contributed by atoms with Gasteiger partial charge in [-0.3, -0.25) is 4.79 Å². The van der Waals surface area contributed by atoms with Crippen molar-refractivity contribution in [3.8, 4) is 23.7 Å². The Bertz CT molecular complexity index is 750. The maximum atomic E-state index is 12.8. The molecular weight excluding hydrogens is 251 g/mol. The minimum absolute atomic E-state index is 0.253. The van der Waals surface area contributed by atoms with Gasteiger partial charge in [-0.15, -0.1) is 0 Å². The van der Waals surface area contributed by atoms with Crippen molar-refractivity contribution in [2.45, 2.75) is 6.92 Å². The number of ketones is 1. The van der Waals surface area contributed by atoms with Gasteiger partial charge in [0.1, 0.15) is 5.82 Å². The lowest BCUT2D eigenvalue weighted by molar-refractivity contribution is 0.105. The van der Waals surface area contributed by atoms with E-state index in [1.807, 2.05) is 6.07 Å². The fourth-order valence-electron chi connectivity index (χ4n) is 1.64. The fraction of sp³-hybridized carbons (Fsp3) is 0.0556. The average molecular weight is 262 g/mol. The number of hydrogen-bond donors (Lipinski definition) is 0. The van der Waals surface area contributed by atoms with Gasteiger partial charge >= 0.3 is 0 Å². The van der Waals surface area contributed by atoms with Crippen LogP contribution >= 0.6 is 0 Å². The second kappa shape index (κ2) is 6.36. The third kappa shape index (κ3) is 3.34. The highest BCUT2D eigenvalue weighted by Crippen LogP contribution is 2.09. The van der Waals surface area contributed by atoms with Gasteiger partial charge in [-0.2, -0.15) is 0 Å². The first kappa shape index (κ1) is 13.6. The highest BCUT2D eigenvalue weighted by atomic mass is 19.1. The number of rotatable bonds is 1. The van der Waals surface area contributed by atoms with Gasteiger partial charge in [0.2, 0.25) is 5.78 Å². The van der Waals surface area contributed by atoms with Gasteiger partial charge in [0.05, 0.1) is 0 Å². The SMILES string of the molecule is CC#CC(=O)c1ccccc1C#Cc1ccc(F)cc1. The summed E-state index contributed by atoms with van der Waals surface area (Å²) in [4.78, 5) is 11.8. The van der Waals surface area contributed by atoms with Crippen molar-refractivity contribution in [1.29, 1.82) is 0 Å². The van der Waals surface area contributed by atoms with Gasteiger partial charge in [-0.25, -0.2) is 4.39 Å². The van der Waals surface area contributed by atoms with E-state index in [4.69, 9.17) is 0 Å². The zero-order chi connectivity index (χ0) is 14.4. The Balaban J connectivity index is 2.37. The van der Waals surface area contributed by atoms with E-state index >= 15 is 0 Å². The van der Waals surface area contributed by atoms with Gasteiger partial charge < -0.3 is 0 Å². The summed E-state index contributed by atoms with van der Waals surface area (Å²) in [5, 5.41) is 0. The summed E-state index contributed by atoms with van der Waals surface area (Å²) in [6.07, 6.45) is 0. The standard InChI is InChI=1S/C18H11FO/c1-2-5-18(20)17-7-4-3-6-15(17)11-8-14-9-12-16(19)13-10-14/h3-4,6-7,9-10,12-13H,1H3. The molecular formula is C18H11FO. The Labute approximate surface area is 117 Å². The first-order valence-corrected chi connectivity index (χ1v) is 6.04. The third-order valence-electron chi connectivity index (χ3n) is 2.60. The van der Waals surface area contributed by atoms with Crippen molar-refractivity contribution in [1.82, 2.24) is 0 Å². The molecule has 0 spiro atoms. The van der Waals surface area contributed by atoms with Crippen molar-refractivity contribution in [3.05, 3.63) is 71.0 Å². The smallest absolute Gasteiger partial charge is 0.237 e. The van der Waals surface area contributed by atoms with Crippen molar-refractivity contribution in [2.24, 2.45) is 0 Å². The lowest BCUT2D eigenvalue weighted by Crippen LogP contribution is -1.98. The van der Waals surface area contributed by atoms with Crippen LogP contribution in [0.3, 0.4) is 0 Å².